The molecule has 3 aliphatic heterocycles. The van der Waals surface area contributed by atoms with Crippen molar-refractivity contribution in [3.05, 3.63) is 58.4 Å². The number of aryl methyl sites for hydroxylation is 1. The highest BCUT2D eigenvalue weighted by atomic mass is 16.5. The van der Waals surface area contributed by atoms with Gasteiger partial charge in [0.1, 0.15) is 5.71 Å². The number of piperidine rings is 1. The van der Waals surface area contributed by atoms with Crippen LogP contribution in [-0.4, -0.2) is 91.2 Å². The maximum absolute atomic E-state index is 13.8. The molecule has 47 heavy (non-hydrogen) atoms. The van der Waals surface area contributed by atoms with Crippen LogP contribution in [-0.2, 0) is 33.6 Å². The summed E-state index contributed by atoms with van der Waals surface area (Å²) in [6, 6.07) is 9.59. The maximum Gasteiger partial charge on any atom is 0.308 e. The van der Waals surface area contributed by atoms with Gasteiger partial charge < -0.3 is 25.2 Å². The normalized spacial score (nSPS) is 21.2. The lowest BCUT2D eigenvalue weighted by atomic mass is 9.71. The second-order valence-corrected chi connectivity index (χ2v) is 15.1. The van der Waals surface area contributed by atoms with Crippen LogP contribution in [0.25, 0.3) is 0 Å². The Hall–Kier alpha value is -3.63. The number of nitrogens with one attached hydrogen (secondary N) is 2. The summed E-state index contributed by atoms with van der Waals surface area (Å²) in [6.07, 6.45) is 5.70. The average Bonchev–Trinajstić information content (AvgIpc) is 3.47. The minimum atomic E-state index is -0.316. The van der Waals surface area contributed by atoms with Gasteiger partial charge in [0.25, 0.3) is 11.8 Å². The summed E-state index contributed by atoms with van der Waals surface area (Å²) in [5.74, 6) is 0.108. The molecule has 6 rings (SSSR count). The predicted octanol–water partition coefficient (Wildman–Crippen LogP) is 4.04. The minimum absolute atomic E-state index is 0.0574. The zero-order valence-corrected chi connectivity index (χ0v) is 28.6. The van der Waals surface area contributed by atoms with E-state index in [4.69, 9.17) is 14.7 Å². The number of likely N-dealkylation sites (tertiary alicyclic amines) is 2. The molecular weight excluding hydrogens is 592 g/mol. The maximum atomic E-state index is 13.8. The van der Waals surface area contributed by atoms with E-state index >= 15 is 0 Å². The van der Waals surface area contributed by atoms with Crippen molar-refractivity contribution in [2.45, 2.75) is 77.8 Å². The first kappa shape index (κ1) is 33.3. The van der Waals surface area contributed by atoms with Crippen molar-refractivity contribution in [2.75, 3.05) is 46.9 Å². The Bertz CT molecular complexity index is 1530. The summed E-state index contributed by atoms with van der Waals surface area (Å²) < 4.78 is 4.96. The highest BCUT2D eigenvalue weighted by Gasteiger charge is 2.33. The van der Waals surface area contributed by atoms with Crippen LogP contribution in [0.15, 0.2) is 35.3 Å². The SMILES string of the molecule is COC(=O)C1CCN(CC[C@@H](NC(=O)C2=Nc3cc4c(nc3C2)CC[C@H](C(C)(C)C)C4)c2cccc(C(=O)NC3CN(C)C3)c2)CC1. The van der Waals surface area contributed by atoms with E-state index in [1.165, 1.54) is 12.7 Å². The van der Waals surface area contributed by atoms with Crippen molar-refractivity contribution in [1.82, 2.24) is 25.4 Å². The smallest absolute Gasteiger partial charge is 0.308 e. The van der Waals surface area contributed by atoms with E-state index < -0.39 is 0 Å². The molecule has 1 aromatic carbocycles. The number of likely N-dealkylation sites (N-methyl/N-ethyl adjacent to an activating group) is 1. The molecule has 10 nitrogen and oxygen atoms in total. The Morgan fingerprint density at radius 3 is 2.51 bits per heavy atom. The fourth-order valence-corrected chi connectivity index (χ4v) is 7.53. The summed E-state index contributed by atoms with van der Waals surface area (Å²) in [4.78, 5) is 53.3. The number of hydrogen-bond acceptors (Lipinski definition) is 8. The number of carbonyl (C=O) groups is 3. The topological polar surface area (TPSA) is 116 Å². The second-order valence-electron chi connectivity index (χ2n) is 15.1. The molecule has 2 saturated heterocycles. The number of ether oxygens (including phenoxy) is 1. The van der Waals surface area contributed by atoms with Crippen LogP contribution in [0.4, 0.5) is 5.69 Å². The van der Waals surface area contributed by atoms with Crippen molar-refractivity contribution in [3.8, 4) is 0 Å². The number of benzene rings is 1. The molecule has 2 aromatic rings. The number of nitrogens with zero attached hydrogens (tertiary/aromatic N) is 4. The molecule has 0 spiro atoms. The van der Waals surface area contributed by atoms with Gasteiger partial charge in [0.05, 0.1) is 36.5 Å². The number of carbonyl (C=O) groups excluding carboxylic acids is 3. The van der Waals surface area contributed by atoms with Crippen LogP contribution in [0.2, 0.25) is 0 Å². The molecule has 2 N–H and O–H groups in total. The summed E-state index contributed by atoms with van der Waals surface area (Å²) in [5, 5.41) is 6.40. The third kappa shape index (κ3) is 7.75. The summed E-state index contributed by atoms with van der Waals surface area (Å²) in [5.41, 5.74) is 6.31. The van der Waals surface area contributed by atoms with Gasteiger partial charge in [-0.1, -0.05) is 32.9 Å². The van der Waals surface area contributed by atoms with Crippen LogP contribution in [0, 0.1) is 17.3 Å². The van der Waals surface area contributed by atoms with Gasteiger partial charge in [-0.15, -0.1) is 0 Å². The molecule has 0 bridgehead atoms. The molecular formula is C37H50N6O4. The first-order chi connectivity index (χ1) is 22.5. The van der Waals surface area contributed by atoms with Gasteiger partial charge in [-0.3, -0.25) is 19.4 Å². The van der Waals surface area contributed by atoms with Crippen LogP contribution in [0.3, 0.4) is 0 Å². The molecule has 1 aromatic heterocycles. The van der Waals surface area contributed by atoms with E-state index in [1.54, 1.807) is 0 Å². The zero-order valence-electron chi connectivity index (χ0n) is 28.6. The van der Waals surface area contributed by atoms with Gasteiger partial charge >= 0.3 is 5.97 Å². The number of amides is 2. The standard InChI is InChI=1S/C37H50N6O4/c1-37(2,3)27-9-10-29-26(18-27)19-31-32(39-29)20-33(40-31)35(45)41-30(13-16-43-14-11-23(12-15-43)36(46)47-5)24-7-6-8-25(17-24)34(44)38-28-21-42(4)22-28/h6-8,17,19,23,27-28,30H,9-16,18,20-22H2,1-5H3,(H,38,44)(H,41,45)/t27-,30+/m0/s1. The Morgan fingerprint density at radius 2 is 1.81 bits per heavy atom. The molecule has 2 amide bonds. The summed E-state index contributed by atoms with van der Waals surface area (Å²) in [6.45, 7) is 11.0. The van der Waals surface area contributed by atoms with Crippen LogP contribution in [0.5, 0.6) is 0 Å². The summed E-state index contributed by atoms with van der Waals surface area (Å²) >= 11 is 0. The molecule has 0 radical (unpaired) electrons. The van der Waals surface area contributed by atoms with E-state index in [0.717, 1.165) is 87.5 Å². The van der Waals surface area contributed by atoms with Crippen molar-refractivity contribution in [3.63, 3.8) is 0 Å². The van der Waals surface area contributed by atoms with Crippen LogP contribution in [0.1, 0.15) is 85.4 Å². The Balaban J connectivity index is 1.16. The molecule has 2 fully saturated rings. The molecule has 2 atom stereocenters. The largest absolute Gasteiger partial charge is 0.469 e. The van der Waals surface area contributed by atoms with Gasteiger partial charge in [-0.05, 0) is 99.3 Å². The van der Waals surface area contributed by atoms with E-state index in [0.29, 0.717) is 30.0 Å². The molecule has 4 heterocycles. The summed E-state index contributed by atoms with van der Waals surface area (Å²) in [7, 11) is 3.48. The van der Waals surface area contributed by atoms with Gasteiger partial charge in [0.15, 0.2) is 0 Å². The third-order valence-corrected chi connectivity index (χ3v) is 10.6. The highest BCUT2D eigenvalue weighted by molar-refractivity contribution is 6.40. The average molecular weight is 643 g/mol. The number of pyridine rings is 1. The minimum Gasteiger partial charge on any atom is -0.469 e. The molecule has 4 aliphatic rings. The number of aromatic nitrogens is 1. The lowest BCUT2D eigenvalue weighted by Gasteiger charge is -2.36. The number of methoxy groups -OCH3 is 1. The molecule has 1 aliphatic carbocycles. The van der Waals surface area contributed by atoms with E-state index in [2.05, 4.69) is 47.3 Å². The number of aliphatic imine (C=N–C) groups is 1. The monoisotopic (exact) mass is 642 g/mol. The van der Waals surface area contributed by atoms with E-state index in [1.807, 2.05) is 31.3 Å². The van der Waals surface area contributed by atoms with Crippen molar-refractivity contribution in [1.29, 1.82) is 0 Å². The first-order valence-electron chi connectivity index (χ1n) is 17.3. The van der Waals surface area contributed by atoms with Gasteiger partial charge in [0, 0.05) is 37.3 Å². The Kier molecular flexibility index (Phi) is 9.80. The van der Waals surface area contributed by atoms with Crippen molar-refractivity contribution >= 4 is 29.2 Å². The fourth-order valence-electron chi connectivity index (χ4n) is 7.53. The number of esters is 1. The zero-order chi connectivity index (χ0) is 33.3. The van der Waals surface area contributed by atoms with Crippen molar-refractivity contribution < 1.29 is 19.1 Å². The lowest BCUT2D eigenvalue weighted by molar-refractivity contribution is -0.147. The van der Waals surface area contributed by atoms with Gasteiger partial charge in [-0.25, -0.2) is 4.99 Å². The van der Waals surface area contributed by atoms with Crippen LogP contribution < -0.4 is 10.6 Å². The second kappa shape index (κ2) is 13.8. The first-order valence-corrected chi connectivity index (χ1v) is 17.3. The lowest BCUT2D eigenvalue weighted by Crippen LogP contribution is -2.57. The predicted molar refractivity (Wildman–Crippen MR) is 182 cm³/mol. The number of fused-ring (bicyclic) bond motifs is 2. The Labute approximate surface area is 278 Å². The quantitative estimate of drug-likeness (QED) is 0.397. The van der Waals surface area contributed by atoms with E-state index in [9.17, 15) is 14.4 Å². The number of rotatable bonds is 9. The van der Waals surface area contributed by atoms with E-state index in [-0.39, 0.29) is 41.2 Å². The third-order valence-electron chi connectivity index (χ3n) is 10.6. The molecule has 0 saturated carbocycles. The fraction of sp³-hybridized carbons (Fsp3) is 0.595. The highest BCUT2D eigenvalue weighted by Crippen LogP contribution is 2.39. The molecule has 0 unspecified atom stereocenters. The Morgan fingerprint density at radius 1 is 1.04 bits per heavy atom. The van der Waals surface area contributed by atoms with Crippen molar-refractivity contribution in [2.24, 2.45) is 22.2 Å². The molecule has 10 heteroatoms. The molecule has 252 valence electrons. The van der Waals surface area contributed by atoms with Gasteiger partial charge in [-0.2, -0.15) is 0 Å². The number of hydrogen-bond donors (Lipinski definition) is 2. The van der Waals surface area contributed by atoms with Crippen LogP contribution >= 0.6 is 0 Å². The van der Waals surface area contributed by atoms with Gasteiger partial charge in [0.2, 0.25) is 0 Å².